The number of halogens is 3. The van der Waals surface area contributed by atoms with E-state index in [1.54, 1.807) is 0 Å². The van der Waals surface area contributed by atoms with Gasteiger partial charge < -0.3 is 5.32 Å². The summed E-state index contributed by atoms with van der Waals surface area (Å²) in [6.45, 7) is 4.35. The standard InChI is InChI=1S/C26H31F3N2O2S/c1-18(25(2)17-7-9-19-8-3-4-10-22(19)25)30-23-11-5-6-12-24(23)31-34(32,33)21-15-13-20(14-16-21)26(27,28)29/h3-4,7-10,13-18,22-24,30-31H,5-6,11-12H2,1-2H3. The summed E-state index contributed by atoms with van der Waals surface area (Å²) in [7, 11) is -3.95. The van der Waals surface area contributed by atoms with Crippen molar-refractivity contribution in [3.05, 3.63) is 77.9 Å². The van der Waals surface area contributed by atoms with E-state index in [9.17, 15) is 21.6 Å². The maximum atomic E-state index is 13.0. The molecule has 0 bridgehead atoms. The first kappa shape index (κ1) is 24.9. The van der Waals surface area contributed by atoms with E-state index in [1.807, 2.05) is 6.08 Å². The molecule has 1 aromatic rings. The Labute approximate surface area is 199 Å². The fourth-order valence-corrected chi connectivity index (χ4v) is 6.54. The van der Waals surface area contributed by atoms with Crippen molar-refractivity contribution in [2.75, 3.05) is 0 Å². The van der Waals surface area contributed by atoms with Gasteiger partial charge in [-0.1, -0.05) is 62.3 Å². The molecule has 1 saturated carbocycles. The van der Waals surface area contributed by atoms with Crippen LogP contribution in [0.15, 0.2) is 77.3 Å². The number of nitrogens with one attached hydrogen (secondary N) is 2. The maximum absolute atomic E-state index is 13.0. The van der Waals surface area contributed by atoms with E-state index in [4.69, 9.17) is 0 Å². The van der Waals surface area contributed by atoms with Crippen molar-refractivity contribution < 1.29 is 21.6 Å². The Bertz CT molecular complexity index is 1120. The average molecular weight is 493 g/mol. The second-order valence-corrected chi connectivity index (χ2v) is 11.4. The summed E-state index contributed by atoms with van der Waals surface area (Å²) in [6.07, 6.45) is 13.7. The fraction of sp³-hybridized carbons (Fsp3) is 0.462. The zero-order valence-corrected chi connectivity index (χ0v) is 20.2. The first-order chi connectivity index (χ1) is 16.0. The molecule has 3 aliphatic carbocycles. The van der Waals surface area contributed by atoms with E-state index < -0.39 is 21.8 Å². The average Bonchev–Trinajstić information content (AvgIpc) is 2.80. The first-order valence-electron chi connectivity index (χ1n) is 11.7. The van der Waals surface area contributed by atoms with Crippen LogP contribution in [0, 0.1) is 11.3 Å². The molecule has 1 fully saturated rings. The van der Waals surface area contributed by atoms with Gasteiger partial charge in [0.05, 0.1) is 10.5 Å². The van der Waals surface area contributed by atoms with Gasteiger partial charge in [-0.05, 0) is 49.6 Å². The number of rotatable bonds is 6. The van der Waals surface area contributed by atoms with Crippen LogP contribution in [0.3, 0.4) is 0 Å². The van der Waals surface area contributed by atoms with Gasteiger partial charge in [0.2, 0.25) is 10.0 Å². The van der Waals surface area contributed by atoms with Crippen LogP contribution in [0.5, 0.6) is 0 Å². The lowest BCUT2D eigenvalue weighted by molar-refractivity contribution is -0.137. The minimum absolute atomic E-state index is 0.0646. The predicted molar refractivity (Wildman–Crippen MR) is 128 cm³/mol. The summed E-state index contributed by atoms with van der Waals surface area (Å²) in [4.78, 5) is -0.158. The topological polar surface area (TPSA) is 58.2 Å². The highest BCUT2D eigenvalue weighted by Gasteiger charge is 2.41. The summed E-state index contributed by atoms with van der Waals surface area (Å²) in [5.74, 6) is 0.232. The summed E-state index contributed by atoms with van der Waals surface area (Å²) >= 11 is 0. The number of hydrogen-bond donors (Lipinski definition) is 2. The molecule has 5 unspecified atom stereocenters. The van der Waals surface area contributed by atoms with Crippen LogP contribution in [0.4, 0.5) is 13.2 Å². The molecule has 0 spiro atoms. The van der Waals surface area contributed by atoms with Gasteiger partial charge in [0, 0.05) is 29.5 Å². The Balaban J connectivity index is 1.48. The van der Waals surface area contributed by atoms with E-state index >= 15 is 0 Å². The third kappa shape index (κ3) is 5.09. The number of allylic oxidation sites excluding steroid dienone is 7. The highest BCUT2D eigenvalue weighted by atomic mass is 32.2. The molecule has 0 heterocycles. The minimum Gasteiger partial charge on any atom is -0.309 e. The van der Waals surface area contributed by atoms with E-state index in [1.165, 1.54) is 5.57 Å². The van der Waals surface area contributed by atoms with Gasteiger partial charge in [0.15, 0.2) is 0 Å². The van der Waals surface area contributed by atoms with E-state index in [0.29, 0.717) is 6.42 Å². The Hall–Kier alpha value is -2.16. The van der Waals surface area contributed by atoms with Crippen LogP contribution in [-0.2, 0) is 16.2 Å². The SMILES string of the molecule is CC(NC1CCCCC1NS(=O)(=O)c1ccc(C(F)(F)F)cc1)C1(C)C=CC=C2C=CC=CC21. The van der Waals surface area contributed by atoms with Crippen LogP contribution in [-0.4, -0.2) is 26.5 Å². The number of hydrogen-bond acceptors (Lipinski definition) is 3. The van der Waals surface area contributed by atoms with Crippen molar-refractivity contribution in [1.29, 1.82) is 0 Å². The molecular formula is C26H31F3N2O2S. The van der Waals surface area contributed by atoms with Crippen molar-refractivity contribution in [3.8, 4) is 0 Å². The molecule has 184 valence electrons. The molecule has 0 radical (unpaired) electrons. The van der Waals surface area contributed by atoms with Crippen LogP contribution < -0.4 is 10.0 Å². The van der Waals surface area contributed by atoms with Crippen molar-refractivity contribution in [3.63, 3.8) is 0 Å². The Morgan fingerprint density at radius 1 is 1.03 bits per heavy atom. The van der Waals surface area contributed by atoms with Gasteiger partial charge in [0.25, 0.3) is 0 Å². The normalized spacial score (nSPS) is 30.0. The van der Waals surface area contributed by atoms with E-state index in [0.717, 1.165) is 43.5 Å². The first-order valence-corrected chi connectivity index (χ1v) is 13.2. The van der Waals surface area contributed by atoms with Crippen molar-refractivity contribution in [1.82, 2.24) is 10.0 Å². The number of sulfonamides is 1. The third-order valence-corrected chi connectivity index (χ3v) is 8.94. The zero-order chi connectivity index (χ0) is 24.6. The van der Waals surface area contributed by atoms with Gasteiger partial charge in [-0.3, -0.25) is 0 Å². The molecule has 5 atom stereocenters. The van der Waals surface area contributed by atoms with E-state index in [2.05, 4.69) is 60.3 Å². The summed E-state index contributed by atoms with van der Waals surface area (Å²) in [6, 6.07) is 3.30. The molecule has 0 amide bonds. The Morgan fingerprint density at radius 2 is 1.71 bits per heavy atom. The van der Waals surface area contributed by atoms with Crippen molar-refractivity contribution >= 4 is 10.0 Å². The summed E-state index contributed by atoms with van der Waals surface area (Å²) < 4.78 is 67.3. The van der Waals surface area contributed by atoms with Gasteiger partial charge >= 0.3 is 6.18 Å². The lowest BCUT2D eigenvalue weighted by Gasteiger charge is -2.45. The second-order valence-electron chi connectivity index (χ2n) is 9.64. The second kappa shape index (κ2) is 9.47. The molecule has 0 aliphatic heterocycles. The Morgan fingerprint density at radius 3 is 2.38 bits per heavy atom. The molecule has 2 N–H and O–H groups in total. The summed E-state index contributed by atoms with van der Waals surface area (Å²) in [5, 5.41) is 3.70. The predicted octanol–water partition coefficient (Wildman–Crippen LogP) is 5.52. The molecule has 1 aromatic carbocycles. The Kier molecular flexibility index (Phi) is 6.95. The molecule has 0 aromatic heterocycles. The third-order valence-electron chi connectivity index (χ3n) is 7.44. The smallest absolute Gasteiger partial charge is 0.309 e. The molecule has 34 heavy (non-hydrogen) atoms. The highest BCUT2D eigenvalue weighted by molar-refractivity contribution is 7.89. The molecular weight excluding hydrogens is 461 g/mol. The lowest BCUT2D eigenvalue weighted by atomic mass is 9.65. The molecule has 3 aliphatic rings. The fourth-order valence-electron chi connectivity index (χ4n) is 5.23. The number of benzene rings is 1. The molecule has 8 heteroatoms. The van der Waals surface area contributed by atoms with Crippen LogP contribution >= 0.6 is 0 Å². The van der Waals surface area contributed by atoms with Gasteiger partial charge in [-0.25, -0.2) is 13.1 Å². The van der Waals surface area contributed by atoms with Crippen molar-refractivity contribution in [2.24, 2.45) is 11.3 Å². The summed E-state index contributed by atoms with van der Waals surface area (Å²) in [5.41, 5.74) is 0.204. The lowest BCUT2D eigenvalue weighted by Crippen LogP contribution is -2.57. The van der Waals surface area contributed by atoms with Crippen LogP contribution in [0.2, 0.25) is 0 Å². The quantitative estimate of drug-likeness (QED) is 0.550. The zero-order valence-electron chi connectivity index (χ0n) is 19.3. The van der Waals surface area contributed by atoms with Crippen LogP contribution in [0.25, 0.3) is 0 Å². The highest BCUT2D eigenvalue weighted by Crippen LogP contribution is 2.43. The van der Waals surface area contributed by atoms with E-state index in [-0.39, 0.29) is 34.4 Å². The van der Waals surface area contributed by atoms with Gasteiger partial charge in [-0.15, -0.1) is 0 Å². The van der Waals surface area contributed by atoms with Crippen LogP contribution in [0.1, 0.15) is 45.1 Å². The molecule has 0 saturated heterocycles. The molecule has 4 nitrogen and oxygen atoms in total. The maximum Gasteiger partial charge on any atom is 0.416 e. The van der Waals surface area contributed by atoms with Crippen molar-refractivity contribution in [2.45, 2.75) is 68.7 Å². The van der Waals surface area contributed by atoms with Gasteiger partial charge in [-0.2, -0.15) is 13.2 Å². The number of fused-ring (bicyclic) bond motifs is 1. The molecule has 4 rings (SSSR count). The largest absolute Gasteiger partial charge is 0.416 e. The number of alkyl halides is 3. The van der Waals surface area contributed by atoms with Gasteiger partial charge in [0.1, 0.15) is 0 Å². The minimum atomic E-state index is -4.51. The monoisotopic (exact) mass is 492 g/mol.